The van der Waals surface area contributed by atoms with E-state index in [0.717, 1.165) is 22.0 Å². The van der Waals surface area contributed by atoms with Crippen molar-refractivity contribution >= 4 is 57.1 Å². The molecule has 5 nitrogen and oxygen atoms in total. The quantitative estimate of drug-likeness (QED) is 0.452. The normalized spacial score (nSPS) is 16.4. The highest BCUT2D eigenvalue weighted by Crippen LogP contribution is 2.33. The molecule has 2 amide bonds. The summed E-state index contributed by atoms with van der Waals surface area (Å²) in [7, 11) is 0. The highest BCUT2D eigenvalue weighted by Gasteiger charge is 2.38. The van der Waals surface area contributed by atoms with Crippen molar-refractivity contribution in [2.45, 2.75) is 19.4 Å². The molecule has 3 aromatic rings. The third-order valence-corrected chi connectivity index (χ3v) is 6.39. The Morgan fingerprint density at radius 3 is 2.73 bits per heavy atom. The molecule has 30 heavy (non-hydrogen) atoms. The van der Waals surface area contributed by atoms with Crippen LogP contribution < -0.4 is 5.32 Å². The predicted octanol–water partition coefficient (Wildman–Crippen LogP) is 4.12. The molecule has 2 N–H and O–H groups in total. The molecule has 0 saturated carbocycles. The molecule has 0 aliphatic carbocycles. The van der Waals surface area contributed by atoms with Crippen molar-refractivity contribution in [2.75, 3.05) is 6.54 Å². The highest BCUT2D eigenvalue weighted by molar-refractivity contribution is 8.26. The maximum absolute atomic E-state index is 12.8. The first-order valence-electron chi connectivity index (χ1n) is 9.69. The number of benzene rings is 2. The number of H-pyrrole nitrogens is 1. The maximum atomic E-state index is 12.8. The van der Waals surface area contributed by atoms with Crippen molar-refractivity contribution in [1.29, 1.82) is 0 Å². The summed E-state index contributed by atoms with van der Waals surface area (Å²) in [5.74, 6) is -0.444. The SMILES string of the molecule is CC(C(=O)NCCc1c[nH]c2ccccc12)N1C(=O)/C(=C/c2ccccc2)SC1=S. The Bertz CT molecular complexity index is 1140. The van der Waals surface area contributed by atoms with E-state index in [1.54, 1.807) is 13.0 Å². The van der Waals surface area contributed by atoms with Crippen LogP contribution in [0.5, 0.6) is 0 Å². The lowest BCUT2D eigenvalue weighted by Gasteiger charge is -2.22. The van der Waals surface area contributed by atoms with Crippen molar-refractivity contribution in [2.24, 2.45) is 0 Å². The summed E-state index contributed by atoms with van der Waals surface area (Å²) < 4.78 is 0.404. The highest BCUT2D eigenvalue weighted by atomic mass is 32.2. The number of fused-ring (bicyclic) bond motifs is 1. The van der Waals surface area contributed by atoms with Crippen molar-refractivity contribution < 1.29 is 9.59 Å². The molecule has 1 unspecified atom stereocenters. The standard InChI is InChI=1S/C23H21N3O2S2/c1-15(21(27)24-12-11-17-14-25-19-10-6-5-9-18(17)19)26-22(28)20(30-23(26)29)13-16-7-3-2-4-8-16/h2-10,13-15,25H,11-12H2,1H3,(H,24,27)/b20-13-. The van der Waals surface area contributed by atoms with Crippen LogP contribution in [0, 0.1) is 0 Å². The van der Waals surface area contributed by atoms with Gasteiger partial charge in [-0.25, -0.2) is 0 Å². The van der Waals surface area contributed by atoms with Crippen molar-refractivity contribution in [3.63, 3.8) is 0 Å². The molecule has 1 aliphatic heterocycles. The smallest absolute Gasteiger partial charge is 0.266 e. The summed E-state index contributed by atoms with van der Waals surface area (Å²) in [5, 5.41) is 4.09. The number of thioether (sulfide) groups is 1. The van der Waals surface area contributed by atoms with E-state index in [0.29, 0.717) is 22.2 Å². The minimum atomic E-state index is -0.665. The number of aromatic amines is 1. The summed E-state index contributed by atoms with van der Waals surface area (Å²) in [6.07, 6.45) is 4.48. The second-order valence-corrected chi connectivity index (χ2v) is 8.71. The third-order valence-electron chi connectivity index (χ3n) is 5.06. The number of carbonyl (C=O) groups is 2. The molecule has 0 spiro atoms. The molecule has 1 aromatic heterocycles. The van der Waals surface area contributed by atoms with Crippen LogP contribution >= 0.6 is 24.0 Å². The van der Waals surface area contributed by atoms with Crippen LogP contribution in [0.4, 0.5) is 0 Å². The van der Waals surface area contributed by atoms with Gasteiger partial charge < -0.3 is 10.3 Å². The fourth-order valence-electron chi connectivity index (χ4n) is 3.44. The maximum Gasteiger partial charge on any atom is 0.266 e. The number of nitrogens with zero attached hydrogens (tertiary/aromatic N) is 1. The Morgan fingerprint density at radius 1 is 1.20 bits per heavy atom. The predicted molar refractivity (Wildman–Crippen MR) is 126 cm³/mol. The number of hydrogen-bond donors (Lipinski definition) is 2. The summed E-state index contributed by atoms with van der Waals surface area (Å²) >= 11 is 6.61. The summed E-state index contributed by atoms with van der Waals surface area (Å²) in [4.78, 5) is 30.7. The van der Waals surface area contributed by atoms with Gasteiger partial charge in [0, 0.05) is 23.6 Å². The molecule has 0 bridgehead atoms. The van der Waals surface area contributed by atoms with Gasteiger partial charge in [-0.3, -0.25) is 14.5 Å². The number of hydrogen-bond acceptors (Lipinski definition) is 4. The van der Waals surface area contributed by atoms with E-state index < -0.39 is 6.04 Å². The van der Waals surface area contributed by atoms with Crippen molar-refractivity contribution in [1.82, 2.24) is 15.2 Å². The monoisotopic (exact) mass is 435 g/mol. The molecule has 2 aromatic carbocycles. The first kappa shape index (κ1) is 20.4. The van der Waals surface area contributed by atoms with E-state index in [1.165, 1.54) is 16.7 Å². The number of para-hydroxylation sites is 1. The molecule has 0 radical (unpaired) electrons. The molecule has 1 atom stereocenters. The van der Waals surface area contributed by atoms with E-state index in [1.807, 2.05) is 54.7 Å². The van der Waals surface area contributed by atoms with Gasteiger partial charge in [-0.15, -0.1) is 0 Å². The van der Waals surface area contributed by atoms with Gasteiger partial charge >= 0.3 is 0 Å². The number of carbonyl (C=O) groups excluding carboxylic acids is 2. The number of rotatable bonds is 6. The average molecular weight is 436 g/mol. The zero-order valence-corrected chi connectivity index (χ0v) is 18.1. The summed E-state index contributed by atoms with van der Waals surface area (Å²) in [6.45, 7) is 2.19. The van der Waals surface area contributed by atoms with Gasteiger partial charge in [0.2, 0.25) is 5.91 Å². The van der Waals surface area contributed by atoms with E-state index in [2.05, 4.69) is 16.4 Å². The van der Waals surface area contributed by atoms with Crippen LogP contribution in [0.2, 0.25) is 0 Å². The first-order valence-corrected chi connectivity index (χ1v) is 10.9. The van der Waals surface area contributed by atoms with Gasteiger partial charge in [-0.05, 0) is 36.6 Å². The van der Waals surface area contributed by atoms with Crippen LogP contribution in [-0.2, 0) is 16.0 Å². The molecule has 2 heterocycles. The minimum Gasteiger partial charge on any atom is -0.361 e. The Kier molecular flexibility index (Phi) is 6.01. The van der Waals surface area contributed by atoms with E-state index in [9.17, 15) is 9.59 Å². The lowest BCUT2D eigenvalue weighted by molar-refractivity contribution is -0.132. The van der Waals surface area contributed by atoms with Crippen LogP contribution in [0.3, 0.4) is 0 Å². The molecule has 4 rings (SSSR count). The van der Waals surface area contributed by atoms with Gasteiger partial charge in [-0.1, -0.05) is 72.5 Å². The zero-order chi connectivity index (χ0) is 21.1. The Morgan fingerprint density at radius 2 is 1.93 bits per heavy atom. The second kappa shape index (κ2) is 8.85. The molecule has 7 heteroatoms. The van der Waals surface area contributed by atoms with Gasteiger partial charge in [0.25, 0.3) is 5.91 Å². The number of amides is 2. The van der Waals surface area contributed by atoms with Gasteiger partial charge in [0.05, 0.1) is 4.91 Å². The number of thiocarbonyl (C=S) groups is 1. The van der Waals surface area contributed by atoms with Gasteiger partial charge in [0.1, 0.15) is 10.4 Å². The Labute approximate surface area is 184 Å². The number of aromatic nitrogens is 1. The molecule has 1 saturated heterocycles. The van der Waals surface area contributed by atoms with Crippen LogP contribution in [-0.4, -0.2) is 38.6 Å². The van der Waals surface area contributed by atoms with Crippen LogP contribution in [0.25, 0.3) is 17.0 Å². The van der Waals surface area contributed by atoms with Crippen molar-refractivity contribution in [3.8, 4) is 0 Å². The summed E-state index contributed by atoms with van der Waals surface area (Å²) in [6, 6.07) is 17.0. The van der Waals surface area contributed by atoms with Crippen LogP contribution in [0.1, 0.15) is 18.1 Å². The van der Waals surface area contributed by atoms with Gasteiger partial charge in [0.15, 0.2) is 0 Å². The molecule has 1 aliphatic rings. The van der Waals surface area contributed by atoms with Crippen molar-refractivity contribution in [3.05, 3.63) is 76.8 Å². The fraction of sp³-hybridized carbons (Fsp3) is 0.174. The van der Waals surface area contributed by atoms with Crippen LogP contribution in [0.15, 0.2) is 65.7 Å². The molecule has 1 fully saturated rings. The lowest BCUT2D eigenvalue weighted by Crippen LogP contribution is -2.47. The minimum absolute atomic E-state index is 0.216. The number of nitrogens with one attached hydrogen (secondary N) is 2. The third kappa shape index (κ3) is 4.17. The first-order chi connectivity index (χ1) is 14.5. The zero-order valence-electron chi connectivity index (χ0n) is 16.4. The Balaban J connectivity index is 1.38. The van der Waals surface area contributed by atoms with E-state index >= 15 is 0 Å². The largest absolute Gasteiger partial charge is 0.361 e. The topological polar surface area (TPSA) is 65.2 Å². The van der Waals surface area contributed by atoms with E-state index in [4.69, 9.17) is 12.2 Å². The molecular weight excluding hydrogens is 414 g/mol. The Hall–Kier alpha value is -2.90. The average Bonchev–Trinajstić information content (AvgIpc) is 3.29. The summed E-state index contributed by atoms with van der Waals surface area (Å²) in [5.41, 5.74) is 3.15. The fourth-order valence-corrected chi connectivity index (χ4v) is 4.86. The van der Waals surface area contributed by atoms with Gasteiger partial charge in [-0.2, -0.15) is 0 Å². The molecule has 152 valence electrons. The van der Waals surface area contributed by atoms with E-state index in [-0.39, 0.29) is 11.8 Å². The lowest BCUT2D eigenvalue weighted by atomic mass is 10.1. The second-order valence-electron chi connectivity index (χ2n) is 7.04. The molecular formula is C23H21N3O2S2.